The molecule has 0 unspecified atom stereocenters. The standard InChI is InChI=1S/C21H22N2O2/c24-21-18(15-23-13-7-2-8-14-23)20(22-16-9-3-1-4-10-16)17-11-5-6-12-19(17)25-21/h1,3-6,9-12,22H,2,7-8,13-15H2. The second-order valence-corrected chi connectivity index (χ2v) is 6.57. The van der Waals surface area contributed by atoms with Crippen LogP contribution in [0.5, 0.6) is 0 Å². The lowest BCUT2D eigenvalue weighted by atomic mass is 10.1. The van der Waals surface area contributed by atoms with Crippen molar-refractivity contribution in [1.29, 1.82) is 0 Å². The Labute approximate surface area is 147 Å². The molecule has 1 aromatic heterocycles. The second kappa shape index (κ2) is 7.11. The zero-order valence-corrected chi connectivity index (χ0v) is 14.2. The van der Waals surface area contributed by atoms with Gasteiger partial charge >= 0.3 is 5.63 Å². The van der Waals surface area contributed by atoms with Crippen molar-refractivity contribution in [1.82, 2.24) is 4.90 Å². The Morgan fingerprint density at radius 1 is 0.920 bits per heavy atom. The minimum absolute atomic E-state index is 0.247. The molecule has 1 fully saturated rings. The zero-order chi connectivity index (χ0) is 17.1. The average Bonchev–Trinajstić information content (AvgIpc) is 2.66. The van der Waals surface area contributed by atoms with Crippen LogP contribution >= 0.6 is 0 Å². The van der Waals surface area contributed by atoms with Gasteiger partial charge in [-0.05, 0) is 50.2 Å². The van der Waals surface area contributed by atoms with Crippen LogP contribution in [-0.2, 0) is 6.54 Å². The topological polar surface area (TPSA) is 45.5 Å². The fourth-order valence-electron chi connectivity index (χ4n) is 3.48. The van der Waals surface area contributed by atoms with Crippen LogP contribution < -0.4 is 10.9 Å². The number of benzene rings is 2. The number of anilines is 2. The van der Waals surface area contributed by atoms with Crippen LogP contribution in [0.1, 0.15) is 24.8 Å². The molecule has 3 aromatic rings. The van der Waals surface area contributed by atoms with Crippen LogP contribution in [0.4, 0.5) is 11.4 Å². The van der Waals surface area contributed by atoms with Gasteiger partial charge in [-0.3, -0.25) is 4.90 Å². The van der Waals surface area contributed by atoms with E-state index in [1.165, 1.54) is 19.3 Å². The van der Waals surface area contributed by atoms with E-state index in [0.29, 0.717) is 17.7 Å². The Bertz CT molecular complexity index is 912. The molecule has 0 amide bonds. The molecule has 1 saturated heterocycles. The quantitative estimate of drug-likeness (QED) is 0.713. The maximum absolute atomic E-state index is 12.7. The molecule has 0 atom stereocenters. The van der Waals surface area contributed by atoms with Crippen molar-refractivity contribution in [2.75, 3.05) is 18.4 Å². The van der Waals surface area contributed by atoms with E-state index in [-0.39, 0.29) is 5.63 Å². The van der Waals surface area contributed by atoms with Gasteiger partial charge in [0, 0.05) is 17.6 Å². The van der Waals surface area contributed by atoms with Crippen LogP contribution in [0.2, 0.25) is 0 Å². The van der Waals surface area contributed by atoms with Gasteiger partial charge < -0.3 is 9.73 Å². The first-order valence-corrected chi connectivity index (χ1v) is 8.90. The highest BCUT2D eigenvalue weighted by atomic mass is 16.4. The number of nitrogens with one attached hydrogen (secondary N) is 1. The molecular weight excluding hydrogens is 312 g/mol. The van der Waals surface area contributed by atoms with Gasteiger partial charge in [0.2, 0.25) is 0 Å². The zero-order valence-electron chi connectivity index (χ0n) is 14.2. The lowest BCUT2D eigenvalue weighted by molar-refractivity contribution is 0.219. The van der Waals surface area contributed by atoms with E-state index in [4.69, 9.17) is 4.42 Å². The van der Waals surface area contributed by atoms with E-state index < -0.39 is 0 Å². The van der Waals surface area contributed by atoms with Gasteiger partial charge in [0.25, 0.3) is 0 Å². The third kappa shape index (κ3) is 3.44. The summed E-state index contributed by atoms with van der Waals surface area (Å²) in [6.07, 6.45) is 3.67. The number of likely N-dealkylation sites (tertiary alicyclic amines) is 1. The highest BCUT2D eigenvalue weighted by molar-refractivity contribution is 5.93. The third-order valence-corrected chi connectivity index (χ3v) is 4.78. The fraction of sp³-hybridized carbons (Fsp3) is 0.286. The molecule has 25 heavy (non-hydrogen) atoms. The SMILES string of the molecule is O=c1oc2ccccc2c(Nc2ccccc2)c1CN1CCCCC1. The lowest BCUT2D eigenvalue weighted by Gasteiger charge is -2.27. The predicted octanol–water partition coefficient (Wildman–Crippen LogP) is 4.52. The summed E-state index contributed by atoms with van der Waals surface area (Å²) in [5.41, 5.74) is 2.92. The van der Waals surface area contributed by atoms with Gasteiger partial charge in [-0.2, -0.15) is 0 Å². The normalized spacial score (nSPS) is 15.4. The molecular formula is C21H22N2O2. The molecule has 1 aliphatic heterocycles. The molecule has 4 rings (SSSR count). The van der Waals surface area contributed by atoms with Crippen molar-refractivity contribution < 1.29 is 4.42 Å². The minimum Gasteiger partial charge on any atom is -0.422 e. The largest absolute Gasteiger partial charge is 0.422 e. The first kappa shape index (κ1) is 15.9. The molecule has 128 valence electrons. The van der Waals surface area contributed by atoms with Crippen LogP contribution in [-0.4, -0.2) is 18.0 Å². The first-order chi connectivity index (χ1) is 12.3. The predicted molar refractivity (Wildman–Crippen MR) is 101 cm³/mol. The molecule has 1 aliphatic rings. The van der Waals surface area contributed by atoms with Crippen molar-refractivity contribution in [3.8, 4) is 0 Å². The number of hydrogen-bond donors (Lipinski definition) is 1. The molecule has 0 saturated carbocycles. The van der Waals surface area contributed by atoms with Crippen LogP contribution in [0.25, 0.3) is 11.0 Å². The summed E-state index contributed by atoms with van der Waals surface area (Å²) in [5, 5.41) is 4.40. The van der Waals surface area contributed by atoms with Gasteiger partial charge in [0.05, 0.1) is 11.3 Å². The Morgan fingerprint density at radius 3 is 2.44 bits per heavy atom. The first-order valence-electron chi connectivity index (χ1n) is 8.90. The monoisotopic (exact) mass is 334 g/mol. The molecule has 0 bridgehead atoms. The smallest absolute Gasteiger partial charge is 0.342 e. The Kier molecular flexibility index (Phi) is 4.53. The van der Waals surface area contributed by atoms with Crippen molar-refractivity contribution in [2.24, 2.45) is 0 Å². The maximum atomic E-state index is 12.7. The van der Waals surface area contributed by atoms with E-state index in [9.17, 15) is 4.79 Å². The van der Waals surface area contributed by atoms with Gasteiger partial charge in [0.15, 0.2) is 0 Å². The number of fused-ring (bicyclic) bond motifs is 1. The van der Waals surface area contributed by atoms with E-state index in [2.05, 4.69) is 10.2 Å². The van der Waals surface area contributed by atoms with Gasteiger partial charge in [0.1, 0.15) is 5.58 Å². The third-order valence-electron chi connectivity index (χ3n) is 4.78. The molecule has 2 heterocycles. The molecule has 2 aromatic carbocycles. The summed E-state index contributed by atoms with van der Waals surface area (Å²) < 4.78 is 5.59. The van der Waals surface area contributed by atoms with E-state index in [1.54, 1.807) is 0 Å². The number of rotatable bonds is 4. The molecule has 0 aliphatic carbocycles. The summed E-state index contributed by atoms with van der Waals surface area (Å²) in [7, 11) is 0. The van der Waals surface area contributed by atoms with E-state index in [1.807, 2.05) is 54.6 Å². The molecule has 4 heteroatoms. The summed E-state index contributed by atoms with van der Waals surface area (Å²) in [6, 6.07) is 17.7. The van der Waals surface area contributed by atoms with Gasteiger partial charge in [-0.15, -0.1) is 0 Å². The maximum Gasteiger partial charge on any atom is 0.342 e. The lowest BCUT2D eigenvalue weighted by Crippen LogP contribution is -2.31. The Hall–Kier alpha value is -2.59. The van der Waals surface area contributed by atoms with Crippen LogP contribution in [0, 0.1) is 0 Å². The number of hydrogen-bond acceptors (Lipinski definition) is 4. The highest BCUT2D eigenvalue weighted by Crippen LogP contribution is 2.29. The van der Waals surface area contributed by atoms with E-state index >= 15 is 0 Å². The van der Waals surface area contributed by atoms with Gasteiger partial charge in [-0.1, -0.05) is 36.8 Å². The van der Waals surface area contributed by atoms with Crippen LogP contribution in [0.3, 0.4) is 0 Å². The molecule has 0 radical (unpaired) electrons. The van der Waals surface area contributed by atoms with Crippen molar-refractivity contribution >= 4 is 22.3 Å². The van der Waals surface area contributed by atoms with Crippen molar-refractivity contribution in [3.63, 3.8) is 0 Å². The summed E-state index contributed by atoms with van der Waals surface area (Å²) in [4.78, 5) is 15.0. The summed E-state index contributed by atoms with van der Waals surface area (Å²) >= 11 is 0. The highest BCUT2D eigenvalue weighted by Gasteiger charge is 2.19. The van der Waals surface area contributed by atoms with Crippen molar-refractivity contribution in [2.45, 2.75) is 25.8 Å². The van der Waals surface area contributed by atoms with Crippen molar-refractivity contribution in [3.05, 3.63) is 70.6 Å². The molecule has 0 spiro atoms. The number of piperidine rings is 1. The van der Waals surface area contributed by atoms with Gasteiger partial charge in [-0.25, -0.2) is 4.79 Å². The molecule has 1 N–H and O–H groups in total. The average molecular weight is 334 g/mol. The Balaban J connectivity index is 1.80. The van der Waals surface area contributed by atoms with Crippen LogP contribution in [0.15, 0.2) is 63.8 Å². The summed E-state index contributed by atoms with van der Waals surface area (Å²) in [5.74, 6) is 0. The molecule has 4 nitrogen and oxygen atoms in total. The van der Waals surface area contributed by atoms with E-state index in [0.717, 1.165) is 29.9 Å². The minimum atomic E-state index is -0.247. The number of nitrogens with zero attached hydrogens (tertiary/aromatic N) is 1. The second-order valence-electron chi connectivity index (χ2n) is 6.57. The number of para-hydroxylation sites is 2. The summed E-state index contributed by atoms with van der Waals surface area (Å²) in [6.45, 7) is 2.70. The Morgan fingerprint density at radius 2 is 1.64 bits per heavy atom. The fourth-order valence-corrected chi connectivity index (χ4v) is 3.48.